The summed E-state index contributed by atoms with van der Waals surface area (Å²) in [5.41, 5.74) is 7.75. The summed E-state index contributed by atoms with van der Waals surface area (Å²) >= 11 is 1.07. The third-order valence-corrected chi connectivity index (χ3v) is 6.98. The second-order valence-electron chi connectivity index (χ2n) is 5.45. The molecular formula is C17H17N3O3S2. The molecule has 0 atom stereocenters. The van der Waals surface area contributed by atoms with Crippen molar-refractivity contribution < 1.29 is 13.1 Å². The van der Waals surface area contributed by atoms with Crippen LogP contribution in [0, 0.1) is 5.21 Å². The molecule has 0 aliphatic heterocycles. The Balaban J connectivity index is 2.14. The van der Waals surface area contributed by atoms with Crippen LogP contribution in [0.3, 0.4) is 0 Å². The molecule has 0 unspecified atom stereocenters. The number of pyridine rings is 1. The number of nitrogens with two attached hydrogens (primary N) is 1. The van der Waals surface area contributed by atoms with Crippen molar-refractivity contribution in [1.29, 1.82) is 0 Å². The van der Waals surface area contributed by atoms with Gasteiger partial charge in [0.15, 0.2) is 12.4 Å². The SMILES string of the molecule is CCc1cc(-c2ccc[n+]([O-])c2)cc(S(=O)(=O)c2cnc(CN)s2)c1. The Bertz CT molecular complexity index is 1010. The van der Waals surface area contributed by atoms with Gasteiger partial charge in [-0.15, -0.1) is 11.3 Å². The molecule has 0 saturated heterocycles. The molecule has 0 saturated carbocycles. The summed E-state index contributed by atoms with van der Waals surface area (Å²) in [6, 6.07) is 8.55. The van der Waals surface area contributed by atoms with Crippen molar-refractivity contribution in [2.24, 2.45) is 5.73 Å². The highest BCUT2D eigenvalue weighted by atomic mass is 32.2. The minimum Gasteiger partial charge on any atom is -0.619 e. The summed E-state index contributed by atoms with van der Waals surface area (Å²) in [5.74, 6) is 0. The van der Waals surface area contributed by atoms with E-state index in [9.17, 15) is 13.6 Å². The maximum absolute atomic E-state index is 12.9. The number of sulfone groups is 1. The molecule has 8 heteroatoms. The fourth-order valence-corrected chi connectivity index (χ4v) is 5.00. The van der Waals surface area contributed by atoms with Gasteiger partial charge in [-0.1, -0.05) is 13.0 Å². The van der Waals surface area contributed by atoms with Gasteiger partial charge in [-0.2, -0.15) is 4.73 Å². The van der Waals surface area contributed by atoms with Crippen LogP contribution in [0.5, 0.6) is 0 Å². The standard InChI is InChI=1S/C17H17N3O3S2/c1-2-12-6-14(13-4-3-5-20(21)11-13)8-15(7-12)25(22,23)17-10-19-16(9-18)24-17/h3-8,10-11H,2,9,18H2,1H3. The minimum absolute atomic E-state index is 0.166. The molecule has 2 N–H and O–H groups in total. The van der Waals surface area contributed by atoms with Crippen molar-refractivity contribution in [2.45, 2.75) is 29.0 Å². The molecule has 2 heterocycles. The molecule has 2 aromatic heterocycles. The van der Waals surface area contributed by atoms with E-state index in [0.29, 0.717) is 27.3 Å². The lowest BCUT2D eigenvalue weighted by molar-refractivity contribution is -0.604. The highest BCUT2D eigenvalue weighted by molar-refractivity contribution is 7.93. The number of hydrogen-bond donors (Lipinski definition) is 1. The van der Waals surface area contributed by atoms with Gasteiger partial charge >= 0.3 is 0 Å². The summed E-state index contributed by atoms with van der Waals surface area (Å²) in [6.45, 7) is 2.15. The molecule has 3 aromatic rings. The average molecular weight is 375 g/mol. The molecule has 3 rings (SSSR count). The number of thiazole rings is 1. The zero-order valence-corrected chi connectivity index (χ0v) is 15.2. The van der Waals surface area contributed by atoms with Crippen LogP contribution in [0.25, 0.3) is 11.1 Å². The molecule has 0 aliphatic rings. The van der Waals surface area contributed by atoms with Crippen LogP contribution < -0.4 is 10.5 Å². The van der Waals surface area contributed by atoms with Crippen molar-refractivity contribution in [3.05, 3.63) is 64.7 Å². The fourth-order valence-electron chi connectivity index (χ4n) is 2.44. The number of hydrogen-bond acceptors (Lipinski definition) is 6. The van der Waals surface area contributed by atoms with Gasteiger partial charge in [-0.05, 0) is 35.7 Å². The highest BCUT2D eigenvalue weighted by Gasteiger charge is 2.22. The molecule has 0 amide bonds. The second-order valence-corrected chi connectivity index (χ2v) is 8.74. The number of benzene rings is 1. The molecule has 25 heavy (non-hydrogen) atoms. The number of aromatic nitrogens is 2. The Morgan fingerprint density at radius 2 is 2.08 bits per heavy atom. The minimum atomic E-state index is -3.69. The van der Waals surface area contributed by atoms with E-state index in [4.69, 9.17) is 5.73 Å². The Labute approximate surface area is 150 Å². The Morgan fingerprint density at radius 3 is 2.72 bits per heavy atom. The zero-order valence-electron chi connectivity index (χ0n) is 13.5. The third-order valence-electron chi connectivity index (χ3n) is 3.77. The van der Waals surface area contributed by atoms with Gasteiger partial charge < -0.3 is 10.9 Å². The molecule has 130 valence electrons. The Hall–Kier alpha value is -2.29. The van der Waals surface area contributed by atoms with Crippen LogP contribution in [-0.2, 0) is 22.8 Å². The summed E-state index contributed by atoms with van der Waals surface area (Å²) in [4.78, 5) is 4.22. The normalized spacial score (nSPS) is 11.6. The van der Waals surface area contributed by atoms with Crippen molar-refractivity contribution in [3.8, 4) is 11.1 Å². The van der Waals surface area contributed by atoms with Gasteiger partial charge in [0.25, 0.3) is 0 Å². The highest BCUT2D eigenvalue weighted by Crippen LogP contribution is 2.30. The maximum atomic E-state index is 12.9. The first-order valence-electron chi connectivity index (χ1n) is 7.67. The van der Waals surface area contributed by atoms with Crippen molar-refractivity contribution >= 4 is 21.2 Å². The number of aryl methyl sites for hydroxylation is 1. The molecule has 6 nitrogen and oxygen atoms in total. The van der Waals surface area contributed by atoms with E-state index in [1.54, 1.807) is 24.3 Å². The van der Waals surface area contributed by atoms with E-state index in [0.717, 1.165) is 16.9 Å². The number of nitrogens with zero attached hydrogens (tertiary/aromatic N) is 2. The van der Waals surface area contributed by atoms with Gasteiger partial charge in [-0.3, -0.25) is 0 Å². The zero-order chi connectivity index (χ0) is 18.0. The molecule has 1 aromatic carbocycles. The van der Waals surface area contributed by atoms with Crippen molar-refractivity contribution in [2.75, 3.05) is 0 Å². The lowest BCUT2D eigenvalue weighted by atomic mass is 10.0. The lowest BCUT2D eigenvalue weighted by Gasteiger charge is -2.09. The quantitative estimate of drug-likeness (QED) is 0.545. The van der Waals surface area contributed by atoms with Crippen molar-refractivity contribution in [3.63, 3.8) is 0 Å². The van der Waals surface area contributed by atoms with Gasteiger partial charge in [0.2, 0.25) is 9.84 Å². The van der Waals surface area contributed by atoms with Crippen LogP contribution >= 0.6 is 11.3 Å². The lowest BCUT2D eigenvalue weighted by Crippen LogP contribution is -2.23. The van der Waals surface area contributed by atoms with Crippen LogP contribution in [-0.4, -0.2) is 13.4 Å². The summed E-state index contributed by atoms with van der Waals surface area (Å²) in [5, 5.41) is 12.1. The largest absolute Gasteiger partial charge is 0.619 e. The van der Waals surface area contributed by atoms with Crippen LogP contribution in [0.1, 0.15) is 17.5 Å². The van der Waals surface area contributed by atoms with Gasteiger partial charge in [0, 0.05) is 18.2 Å². The molecule has 0 aliphatic carbocycles. The van der Waals surface area contributed by atoms with Gasteiger partial charge in [0.05, 0.1) is 11.1 Å². The van der Waals surface area contributed by atoms with E-state index in [2.05, 4.69) is 4.98 Å². The first-order chi connectivity index (χ1) is 11.9. The van der Waals surface area contributed by atoms with E-state index >= 15 is 0 Å². The Kier molecular flexibility index (Phi) is 4.85. The van der Waals surface area contributed by atoms with E-state index in [1.165, 1.54) is 18.6 Å². The monoisotopic (exact) mass is 375 g/mol. The summed E-state index contributed by atoms with van der Waals surface area (Å²) in [6.07, 6.45) is 4.83. The fraction of sp³-hybridized carbons (Fsp3) is 0.176. The van der Waals surface area contributed by atoms with Gasteiger partial charge in [-0.25, -0.2) is 13.4 Å². The maximum Gasteiger partial charge on any atom is 0.217 e. The third kappa shape index (κ3) is 3.55. The number of rotatable bonds is 5. The predicted octanol–water partition coefficient (Wildman–Crippen LogP) is 2.30. The van der Waals surface area contributed by atoms with E-state index < -0.39 is 9.84 Å². The topological polar surface area (TPSA) is 100.0 Å². The molecular weight excluding hydrogens is 358 g/mol. The average Bonchev–Trinajstić information content (AvgIpc) is 3.11. The first-order valence-corrected chi connectivity index (χ1v) is 9.97. The van der Waals surface area contributed by atoms with E-state index in [-0.39, 0.29) is 15.6 Å². The smallest absolute Gasteiger partial charge is 0.217 e. The van der Waals surface area contributed by atoms with Gasteiger partial charge in [0.1, 0.15) is 9.22 Å². The Morgan fingerprint density at radius 1 is 1.28 bits per heavy atom. The predicted molar refractivity (Wildman–Crippen MR) is 95.7 cm³/mol. The van der Waals surface area contributed by atoms with Crippen LogP contribution in [0.2, 0.25) is 0 Å². The summed E-state index contributed by atoms with van der Waals surface area (Å²) in [7, 11) is -3.69. The van der Waals surface area contributed by atoms with Crippen LogP contribution in [0.4, 0.5) is 0 Å². The van der Waals surface area contributed by atoms with Crippen LogP contribution in [0.15, 0.2) is 58.0 Å². The first kappa shape index (κ1) is 17.5. The molecule has 0 spiro atoms. The molecule has 0 radical (unpaired) electrons. The second kappa shape index (κ2) is 6.91. The van der Waals surface area contributed by atoms with E-state index in [1.807, 2.05) is 13.0 Å². The van der Waals surface area contributed by atoms with Crippen molar-refractivity contribution in [1.82, 2.24) is 4.98 Å². The molecule has 0 bridgehead atoms. The molecule has 0 fully saturated rings. The summed E-state index contributed by atoms with van der Waals surface area (Å²) < 4.78 is 26.7.